The number of hydrogen-bond acceptors (Lipinski definition) is 5. The fourth-order valence-corrected chi connectivity index (χ4v) is 4.44. The Hall–Kier alpha value is -4.04. The molecule has 2 amide bonds. The molecular formula is C25H21ClN6O2. The van der Waals surface area contributed by atoms with E-state index in [1.165, 1.54) is 6.08 Å². The quantitative estimate of drug-likeness (QED) is 0.436. The smallest absolute Gasteiger partial charge is 0.256 e. The molecule has 0 unspecified atom stereocenters. The van der Waals surface area contributed by atoms with Crippen molar-refractivity contribution in [2.24, 2.45) is 0 Å². The first kappa shape index (κ1) is 21.8. The fourth-order valence-electron chi connectivity index (χ4n) is 4.20. The molecule has 9 heteroatoms. The van der Waals surface area contributed by atoms with Gasteiger partial charge in [0.2, 0.25) is 5.91 Å². The van der Waals surface area contributed by atoms with Gasteiger partial charge in [-0.3, -0.25) is 19.3 Å². The van der Waals surface area contributed by atoms with Gasteiger partial charge < -0.3 is 10.2 Å². The summed E-state index contributed by atoms with van der Waals surface area (Å²) in [7, 11) is 0. The number of nitrogens with zero attached hydrogens (tertiary/aromatic N) is 5. The zero-order valence-corrected chi connectivity index (χ0v) is 18.9. The minimum atomic E-state index is -0.247. The van der Waals surface area contributed by atoms with Crippen LogP contribution in [0.15, 0.2) is 73.7 Å². The number of hydrogen-bond donors (Lipinski definition) is 1. The number of anilines is 1. The van der Waals surface area contributed by atoms with Gasteiger partial charge in [-0.05, 0) is 36.8 Å². The van der Waals surface area contributed by atoms with Crippen molar-refractivity contribution < 1.29 is 9.59 Å². The minimum Gasteiger partial charge on any atom is -0.337 e. The molecule has 8 nitrogen and oxygen atoms in total. The van der Waals surface area contributed by atoms with Crippen LogP contribution in [0.25, 0.3) is 22.2 Å². The number of carbonyl (C=O) groups excluding carboxylic acids is 2. The van der Waals surface area contributed by atoms with Gasteiger partial charge in [-0.25, -0.2) is 4.98 Å². The summed E-state index contributed by atoms with van der Waals surface area (Å²) in [5.41, 5.74) is 2.83. The van der Waals surface area contributed by atoms with E-state index in [4.69, 9.17) is 16.7 Å². The summed E-state index contributed by atoms with van der Waals surface area (Å²) in [6.45, 7) is 4.75. The van der Waals surface area contributed by atoms with Crippen LogP contribution in [0, 0.1) is 0 Å². The van der Waals surface area contributed by atoms with Gasteiger partial charge in [-0.2, -0.15) is 5.10 Å². The van der Waals surface area contributed by atoms with Gasteiger partial charge in [0, 0.05) is 48.2 Å². The van der Waals surface area contributed by atoms with E-state index in [1.807, 2.05) is 22.9 Å². The summed E-state index contributed by atoms with van der Waals surface area (Å²) in [6.07, 6.45) is 7.05. The van der Waals surface area contributed by atoms with Crippen molar-refractivity contribution >= 4 is 40.1 Å². The van der Waals surface area contributed by atoms with Crippen molar-refractivity contribution in [3.8, 4) is 11.3 Å². The average molecular weight is 473 g/mol. The van der Waals surface area contributed by atoms with Crippen LogP contribution in [-0.2, 0) is 4.79 Å². The van der Waals surface area contributed by atoms with E-state index in [9.17, 15) is 9.59 Å². The van der Waals surface area contributed by atoms with E-state index in [0.29, 0.717) is 29.5 Å². The van der Waals surface area contributed by atoms with Crippen molar-refractivity contribution in [3.63, 3.8) is 0 Å². The summed E-state index contributed by atoms with van der Waals surface area (Å²) in [6, 6.07) is 12.5. The summed E-state index contributed by atoms with van der Waals surface area (Å²) >= 11 is 6.53. The van der Waals surface area contributed by atoms with Crippen LogP contribution in [-0.4, -0.2) is 49.6 Å². The van der Waals surface area contributed by atoms with Crippen LogP contribution in [0.3, 0.4) is 0 Å². The first-order valence-corrected chi connectivity index (χ1v) is 11.2. The van der Waals surface area contributed by atoms with Crippen molar-refractivity contribution in [2.45, 2.75) is 12.5 Å². The third kappa shape index (κ3) is 4.04. The Morgan fingerprint density at radius 3 is 2.71 bits per heavy atom. The molecule has 1 atom stereocenters. The molecule has 1 fully saturated rings. The first-order valence-electron chi connectivity index (χ1n) is 10.8. The molecule has 1 N–H and O–H groups in total. The second kappa shape index (κ2) is 9.07. The van der Waals surface area contributed by atoms with Crippen LogP contribution in [0.5, 0.6) is 0 Å². The van der Waals surface area contributed by atoms with E-state index < -0.39 is 0 Å². The highest BCUT2D eigenvalue weighted by Gasteiger charge is 2.29. The number of amides is 2. The minimum absolute atomic E-state index is 0.0107. The number of halogens is 1. The number of aromatic nitrogens is 4. The monoisotopic (exact) mass is 472 g/mol. The van der Waals surface area contributed by atoms with Crippen molar-refractivity contribution in [1.29, 1.82) is 0 Å². The predicted molar refractivity (Wildman–Crippen MR) is 131 cm³/mol. The molecule has 34 heavy (non-hydrogen) atoms. The van der Waals surface area contributed by atoms with Crippen LogP contribution < -0.4 is 5.32 Å². The summed E-state index contributed by atoms with van der Waals surface area (Å²) in [4.78, 5) is 34.8. The number of nitrogens with one attached hydrogen (secondary N) is 1. The summed E-state index contributed by atoms with van der Waals surface area (Å²) in [5, 5.41) is 8.97. The number of likely N-dealkylation sites (tertiary alicyclic amines) is 1. The normalized spacial score (nSPS) is 15.4. The van der Waals surface area contributed by atoms with E-state index in [0.717, 1.165) is 28.6 Å². The molecule has 0 spiro atoms. The van der Waals surface area contributed by atoms with Gasteiger partial charge in [0.25, 0.3) is 5.91 Å². The lowest BCUT2D eigenvalue weighted by Gasteiger charge is -2.15. The average Bonchev–Trinajstić information content (AvgIpc) is 3.50. The summed E-state index contributed by atoms with van der Waals surface area (Å²) in [5.74, 6) is 0.150. The van der Waals surface area contributed by atoms with E-state index in [1.54, 1.807) is 47.8 Å². The zero-order valence-electron chi connectivity index (χ0n) is 18.2. The van der Waals surface area contributed by atoms with E-state index >= 15 is 0 Å². The molecule has 1 aliphatic rings. The van der Waals surface area contributed by atoms with Crippen LogP contribution in [0.2, 0.25) is 5.02 Å². The second-order valence-corrected chi connectivity index (χ2v) is 8.40. The number of carbonyl (C=O) groups is 2. The largest absolute Gasteiger partial charge is 0.337 e. The number of pyridine rings is 2. The molecule has 0 bridgehead atoms. The van der Waals surface area contributed by atoms with Crippen LogP contribution >= 0.6 is 11.6 Å². The molecule has 4 heterocycles. The Morgan fingerprint density at radius 2 is 1.97 bits per heavy atom. The third-order valence-electron chi connectivity index (χ3n) is 5.89. The number of fused-ring (bicyclic) bond motifs is 1. The van der Waals surface area contributed by atoms with Crippen LogP contribution in [0.4, 0.5) is 5.82 Å². The standard InChI is InChI=1S/C25H21ClN6O2/c1-2-22(33)31-12-10-18(15-31)32-24-19(13-27-14-20(24)26)23(30-32)16-6-8-17(9-7-16)25(34)29-21-5-3-4-11-28-21/h2-9,11,13-14,18H,1,10,12,15H2,(H,28,29,34)/t18-/m0/s1. The van der Waals surface area contributed by atoms with Crippen LogP contribution in [0.1, 0.15) is 22.8 Å². The molecule has 0 aliphatic carbocycles. The van der Waals surface area contributed by atoms with Gasteiger partial charge in [-0.1, -0.05) is 36.4 Å². The van der Waals surface area contributed by atoms with Crippen molar-refractivity contribution in [3.05, 3.63) is 84.3 Å². The number of rotatable bonds is 5. The van der Waals surface area contributed by atoms with Gasteiger partial charge in [0.15, 0.2) is 0 Å². The van der Waals surface area contributed by atoms with Gasteiger partial charge in [0.05, 0.1) is 16.6 Å². The molecule has 1 aliphatic heterocycles. The predicted octanol–water partition coefficient (Wildman–Crippen LogP) is 4.36. The van der Waals surface area contributed by atoms with Gasteiger partial charge in [0.1, 0.15) is 11.5 Å². The Balaban J connectivity index is 1.46. The zero-order chi connectivity index (χ0) is 23.7. The fraction of sp³-hybridized carbons (Fsp3) is 0.160. The molecular weight excluding hydrogens is 452 g/mol. The highest BCUT2D eigenvalue weighted by molar-refractivity contribution is 6.35. The molecule has 1 saturated heterocycles. The molecule has 5 rings (SSSR count). The molecule has 3 aromatic heterocycles. The lowest BCUT2D eigenvalue weighted by atomic mass is 10.1. The highest BCUT2D eigenvalue weighted by atomic mass is 35.5. The third-order valence-corrected chi connectivity index (χ3v) is 6.16. The first-order chi connectivity index (χ1) is 16.5. The Kier molecular flexibility index (Phi) is 5.81. The second-order valence-electron chi connectivity index (χ2n) is 7.99. The molecule has 0 saturated carbocycles. The van der Waals surface area contributed by atoms with Crippen molar-refractivity contribution in [1.82, 2.24) is 24.6 Å². The Bertz CT molecular complexity index is 1380. The maximum atomic E-state index is 12.6. The van der Waals surface area contributed by atoms with Crippen molar-refractivity contribution in [2.75, 3.05) is 18.4 Å². The molecule has 1 aromatic carbocycles. The lowest BCUT2D eigenvalue weighted by Crippen LogP contribution is -2.27. The lowest BCUT2D eigenvalue weighted by molar-refractivity contribution is -0.125. The Labute approximate surface area is 200 Å². The maximum absolute atomic E-state index is 12.6. The van der Waals surface area contributed by atoms with E-state index in [2.05, 4.69) is 21.9 Å². The SMILES string of the molecule is C=CC(=O)N1CC[C@H](n2nc(-c3ccc(C(=O)Nc4ccccn4)cc3)c3cncc(Cl)c32)C1. The van der Waals surface area contributed by atoms with Gasteiger partial charge >= 0.3 is 0 Å². The number of benzene rings is 1. The Morgan fingerprint density at radius 1 is 1.15 bits per heavy atom. The molecule has 4 aromatic rings. The molecule has 170 valence electrons. The summed E-state index contributed by atoms with van der Waals surface area (Å²) < 4.78 is 1.90. The topological polar surface area (TPSA) is 93.0 Å². The van der Waals surface area contributed by atoms with E-state index in [-0.39, 0.29) is 17.9 Å². The highest BCUT2D eigenvalue weighted by Crippen LogP contribution is 2.35. The van der Waals surface area contributed by atoms with Gasteiger partial charge in [-0.15, -0.1) is 0 Å². The maximum Gasteiger partial charge on any atom is 0.256 e. The molecule has 0 radical (unpaired) electrons.